The molecule has 0 amide bonds. The second-order valence-corrected chi connectivity index (χ2v) is 19.0. The Bertz CT molecular complexity index is 574. The van der Waals surface area contributed by atoms with E-state index >= 15 is 0 Å². The van der Waals surface area contributed by atoms with Crippen molar-refractivity contribution in [3.63, 3.8) is 0 Å². The molecule has 6 fully saturated rings. The van der Waals surface area contributed by atoms with Crippen molar-refractivity contribution in [3.8, 4) is 0 Å². The molecule has 3 heteroatoms. The summed E-state index contributed by atoms with van der Waals surface area (Å²) in [5.41, 5.74) is 2.14. The fraction of sp³-hybridized carbons (Fsp3) is 1.00. The Balaban J connectivity index is 1.36. The first kappa shape index (κ1) is 20.4. The number of alkyl halides is 2. The van der Waals surface area contributed by atoms with Crippen molar-refractivity contribution in [3.05, 3.63) is 0 Å². The maximum Gasteiger partial charge on any atom is 0.0547 e. The van der Waals surface area contributed by atoms with Crippen LogP contribution in [0.5, 0.6) is 0 Å². The molecule has 0 bridgehead atoms. The quantitative estimate of drug-likeness (QED) is 0.296. The van der Waals surface area contributed by atoms with E-state index in [-0.39, 0.29) is 0 Å². The van der Waals surface area contributed by atoms with Gasteiger partial charge in [0.25, 0.3) is 0 Å². The van der Waals surface area contributed by atoms with Crippen LogP contribution in [-0.2, 0) is 0 Å². The van der Waals surface area contributed by atoms with Crippen LogP contribution in [0.1, 0.15) is 77.0 Å². The highest BCUT2D eigenvalue weighted by Crippen LogP contribution is 2.70. The summed E-state index contributed by atoms with van der Waals surface area (Å²) in [6.45, 7) is 5.76. The molecule has 0 N–H and O–H groups in total. The molecular formula is C26H42Cl2Si. The van der Waals surface area contributed by atoms with Crippen LogP contribution in [0.4, 0.5) is 0 Å². The summed E-state index contributed by atoms with van der Waals surface area (Å²) in [4.78, 5) is 0. The fourth-order valence-electron chi connectivity index (χ4n) is 10.0. The maximum absolute atomic E-state index is 7.00. The largest absolute Gasteiger partial charge is 0.123 e. The van der Waals surface area contributed by atoms with Crippen LogP contribution in [0.3, 0.4) is 0 Å². The first-order valence-corrected chi connectivity index (χ1v) is 17.3. The van der Waals surface area contributed by atoms with E-state index in [0.29, 0.717) is 10.8 Å². The van der Waals surface area contributed by atoms with Crippen molar-refractivity contribution in [2.75, 3.05) is 0 Å². The van der Waals surface area contributed by atoms with Crippen LogP contribution in [0.2, 0.25) is 24.2 Å². The molecule has 29 heavy (non-hydrogen) atoms. The number of fused-ring (bicyclic) bond motifs is 2. The normalized spacial score (nSPS) is 53.0. The van der Waals surface area contributed by atoms with Gasteiger partial charge >= 0.3 is 0 Å². The minimum Gasteiger partial charge on any atom is -0.123 e. The predicted octanol–water partition coefficient (Wildman–Crippen LogP) is 8.34. The van der Waals surface area contributed by atoms with Gasteiger partial charge in [-0.15, -0.1) is 23.2 Å². The van der Waals surface area contributed by atoms with Crippen molar-refractivity contribution in [1.82, 2.24) is 0 Å². The highest BCUT2D eigenvalue weighted by atomic mass is 35.5. The van der Waals surface area contributed by atoms with Crippen molar-refractivity contribution in [2.45, 2.75) is 112 Å². The van der Waals surface area contributed by atoms with Gasteiger partial charge in [-0.05, 0) is 110 Å². The molecule has 6 saturated carbocycles. The highest BCUT2D eigenvalue weighted by Gasteiger charge is 2.63. The Hall–Kier alpha value is 0.797. The van der Waals surface area contributed by atoms with Gasteiger partial charge in [-0.3, -0.25) is 0 Å². The molecule has 0 aliphatic heterocycles. The van der Waals surface area contributed by atoms with Crippen LogP contribution in [-0.4, -0.2) is 18.8 Å². The van der Waals surface area contributed by atoms with E-state index in [1.807, 2.05) is 0 Å². The third kappa shape index (κ3) is 3.33. The molecule has 0 heterocycles. The average Bonchev–Trinajstić information content (AvgIpc) is 3.62. The molecule has 164 valence electrons. The summed E-state index contributed by atoms with van der Waals surface area (Å²) in [7, 11) is -1.40. The minimum absolute atomic E-state index is 0.488. The summed E-state index contributed by atoms with van der Waals surface area (Å²) in [5.74, 6) is 7.91. The standard InChI is InChI=1S/C26H42Cl2Si/c1-29(2,25-17-5-3-7-23(27)21(17)13-19(25)15-9-10-15)26-18-6-4-8-24(28)22(18)14-20(26)16-11-12-16/h15-26H,3-14H2,1-2H3. The lowest BCUT2D eigenvalue weighted by molar-refractivity contribution is 0.266. The van der Waals surface area contributed by atoms with Gasteiger partial charge in [0.15, 0.2) is 0 Å². The van der Waals surface area contributed by atoms with Crippen LogP contribution in [0.15, 0.2) is 0 Å². The zero-order valence-electron chi connectivity index (χ0n) is 18.7. The molecule has 6 aliphatic carbocycles. The molecule has 0 nitrogen and oxygen atoms in total. The third-order valence-corrected chi connectivity index (χ3v) is 17.4. The Morgan fingerprint density at radius 3 is 1.31 bits per heavy atom. The molecular weight excluding hydrogens is 411 g/mol. The number of hydrogen-bond acceptors (Lipinski definition) is 0. The summed E-state index contributed by atoms with van der Waals surface area (Å²) in [6.07, 6.45) is 17.5. The van der Waals surface area contributed by atoms with Crippen molar-refractivity contribution >= 4 is 31.3 Å². The van der Waals surface area contributed by atoms with Gasteiger partial charge in [0.2, 0.25) is 0 Å². The molecule has 0 aromatic carbocycles. The molecule has 0 radical (unpaired) electrons. The number of hydrogen-bond donors (Lipinski definition) is 0. The molecule has 10 unspecified atom stereocenters. The smallest absolute Gasteiger partial charge is 0.0547 e. The van der Waals surface area contributed by atoms with Gasteiger partial charge in [0.1, 0.15) is 0 Å². The van der Waals surface area contributed by atoms with Crippen LogP contribution in [0, 0.1) is 47.3 Å². The molecule has 6 aliphatic rings. The first-order chi connectivity index (χ1) is 14.0. The van der Waals surface area contributed by atoms with Gasteiger partial charge in [-0.1, -0.05) is 38.8 Å². The molecule has 0 aromatic rings. The summed E-state index contributed by atoms with van der Waals surface area (Å²) in [5, 5.41) is 0.976. The molecule has 0 aromatic heterocycles. The molecule has 0 saturated heterocycles. The summed E-state index contributed by atoms with van der Waals surface area (Å²) in [6, 6.07) is 0. The van der Waals surface area contributed by atoms with Crippen LogP contribution in [0.25, 0.3) is 0 Å². The summed E-state index contributed by atoms with van der Waals surface area (Å²) < 4.78 is 0. The van der Waals surface area contributed by atoms with E-state index in [4.69, 9.17) is 23.2 Å². The summed E-state index contributed by atoms with van der Waals surface area (Å²) >= 11 is 14.0. The SMILES string of the molecule is C[Si](C)(C1C(C2CC2)CC2C(Cl)CCCC21)C1C(C2CC2)CC2C(Cl)CCCC21. The third-order valence-electron chi connectivity index (χ3n) is 11.2. The van der Waals surface area contributed by atoms with Crippen LogP contribution < -0.4 is 0 Å². The van der Waals surface area contributed by atoms with Crippen LogP contribution >= 0.6 is 23.2 Å². The molecule has 6 rings (SSSR count). The van der Waals surface area contributed by atoms with Crippen molar-refractivity contribution in [2.24, 2.45) is 47.3 Å². The van der Waals surface area contributed by atoms with E-state index in [0.717, 1.165) is 58.4 Å². The zero-order chi connectivity index (χ0) is 19.9. The van der Waals surface area contributed by atoms with Gasteiger partial charge in [0.05, 0.1) is 8.07 Å². The second kappa shape index (κ2) is 7.41. The zero-order valence-corrected chi connectivity index (χ0v) is 21.2. The fourth-order valence-corrected chi connectivity index (χ4v) is 17.4. The van der Waals surface area contributed by atoms with Gasteiger partial charge < -0.3 is 0 Å². The van der Waals surface area contributed by atoms with Crippen molar-refractivity contribution in [1.29, 1.82) is 0 Å². The molecule has 10 atom stereocenters. The Morgan fingerprint density at radius 2 is 0.931 bits per heavy atom. The van der Waals surface area contributed by atoms with E-state index < -0.39 is 8.07 Å². The average molecular weight is 454 g/mol. The van der Waals surface area contributed by atoms with Crippen molar-refractivity contribution < 1.29 is 0 Å². The van der Waals surface area contributed by atoms with Gasteiger partial charge in [0, 0.05) is 10.8 Å². The molecule has 0 spiro atoms. The van der Waals surface area contributed by atoms with Gasteiger partial charge in [-0.25, -0.2) is 0 Å². The number of halogens is 2. The van der Waals surface area contributed by atoms with E-state index in [1.54, 1.807) is 0 Å². The van der Waals surface area contributed by atoms with E-state index in [2.05, 4.69) is 13.1 Å². The minimum atomic E-state index is -1.40. The first-order valence-electron chi connectivity index (χ1n) is 13.2. The highest BCUT2D eigenvalue weighted by molar-refractivity contribution is 6.80. The maximum atomic E-state index is 7.00. The lowest BCUT2D eigenvalue weighted by Gasteiger charge is -2.49. The second-order valence-electron chi connectivity index (χ2n) is 12.9. The monoisotopic (exact) mass is 452 g/mol. The Labute approximate surface area is 190 Å². The Morgan fingerprint density at radius 1 is 0.517 bits per heavy atom. The topological polar surface area (TPSA) is 0 Å². The lowest BCUT2D eigenvalue weighted by Crippen LogP contribution is -2.48. The van der Waals surface area contributed by atoms with E-state index in [9.17, 15) is 0 Å². The predicted molar refractivity (Wildman–Crippen MR) is 128 cm³/mol. The van der Waals surface area contributed by atoms with E-state index in [1.165, 1.54) is 77.0 Å². The number of rotatable bonds is 4. The Kier molecular flexibility index (Phi) is 5.21. The van der Waals surface area contributed by atoms with Gasteiger partial charge in [-0.2, -0.15) is 0 Å². The lowest BCUT2D eigenvalue weighted by atomic mass is 9.81.